The summed E-state index contributed by atoms with van der Waals surface area (Å²) in [7, 11) is 0. The molecule has 15 heavy (non-hydrogen) atoms. The molecule has 0 unspecified atom stereocenters. The molecule has 0 saturated heterocycles. The van der Waals surface area contributed by atoms with Gasteiger partial charge in [0.2, 0.25) is 0 Å². The summed E-state index contributed by atoms with van der Waals surface area (Å²) in [4.78, 5) is 8.18. The van der Waals surface area contributed by atoms with Crippen molar-refractivity contribution in [2.24, 2.45) is 0 Å². The molecule has 0 radical (unpaired) electrons. The van der Waals surface area contributed by atoms with Crippen LogP contribution in [-0.2, 0) is 0 Å². The molecule has 76 valence electrons. The number of rotatable bonds is 1. The number of aryl methyl sites for hydroxylation is 1. The second kappa shape index (κ2) is 4.17. The molecule has 0 saturated carbocycles. The van der Waals surface area contributed by atoms with Crippen molar-refractivity contribution >= 4 is 23.2 Å². The fourth-order valence-corrected chi connectivity index (χ4v) is 1.65. The molecule has 0 aliphatic heterocycles. The van der Waals surface area contributed by atoms with Crippen molar-refractivity contribution in [2.45, 2.75) is 6.92 Å². The number of nitrogens with zero attached hydrogens (tertiary/aromatic N) is 2. The van der Waals surface area contributed by atoms with E-state index in [-0.39, 0.29) is 0 Å². The number of pyridine rings is 2. The highest BCUT2D eigenvalue weighted by Crippen LogP contribution is 2.27. The molecule has 0 atom stereocenters. The van der Waals surface area contributed by atoms with Gasteiger partial charge in [0.05, 0.1) is 10.7 Å². The maximum absolute atomic E-state index is 5.99. The predicted molar refractivity (Wildman–Crippen MR) is 62.2 cm³/mol. The molecule has 2 rings (SSSR count). The Hall–Kier alpha value is -1.12. The average Bonchev–Trinajstić information content (AvgIpc) is 2.23. The SMILES string of the molecule is Cc1ncc(-c2cccnc2Cl)cc1Cl. The lowest BCUT2D eigenvalue weighted by Crippen LogP contribution is -1.87. The summed E-state index contributed by atoms with van der Waals surface area (Å²) in [5.74, 6) is 0. The molecule has 2 heterocycles. The van der Waals surface area contributed by atoms with E-state index in [2.05, 4.69) is 9.97 Å². The molecule has 0 aromatic carbocycles. The third-order valence-corrected chi connectivity index (χ3v) is 2.78. The highest BCUT2D eigenvalue weighted by Gasteiger charge is 2.05. The van der Waals surface area contributed by atoms with Gasteiger partial charge in [-0.3, -0.25) is 4.98 Å². The Bertz CT molecular complexity index is 498. The summed E-state index contributed by atoms with van der Waals surface area (Å²) in [5, 5.41) is 1.09. The van der Waals surface area contributed by atoms with Crippen molar-refractivity contribution in [3.8, 4) is 11.1 Å². The van der Waals surface area contributed by atoms with Crippen LogP contribution in [0.3, 0.4) is 0 Å². The molecule has 0 aliphatic rings. The van der Waals surface area contributed by atoms with Crippen LogP contribution in [0, 0.1) is 6.92 Å². The van der Waals surface area contributed by atoms with Gasteiger partial charge in [-0.25, -0.2) is 4.98 Å². The fraction of sp³-hybridized carbons (Fsp3) is 0.0909. The predicted octanol–water partition coefficient (Wildman–Crippen LogP) is 3.76. The maximum Gasteiger partial charge on any atom is 0.136 e. The monoisotopic (exact) mass is 238 g/mol. The molecular formula is C11H8Cl2N2. The second-order valence-electron chi connectivity index (χ2n) is 3.13. The van der Waals surface area contributed by atoms with Crippen LogP contribution in [-0.4, -0.2) is 9.97 Å². The van der Waals surface area contributed by atoms with Gasteiger partial charge in [-0.05, 0) is 25.1 Å². The zero-order valence-corrected chi connectivity index (χ0v) is 9.55. The molecule has 4 heteroatoms. The Morgan fingerprint density at radius 1 is 1.20 bits per heavy atom. The maximum atomic E-state index is 5.99. The van der Waals surface area contributed by atoms with E-state index in [0.717, 1.165) is 16.8 Å². The Balaban J connectivity index is 2.55. The number of hydrogen-bond donors (Lipinski definition) is 0. The van der Waals surface area contributed by atoms with Crippen LogP contribution in [0.2, 0.25) is 10.2 Å². The van der Waals surface area contributed by atoms with E-state index in [0.29, 0.717) is 10.2 Å². The van der Waals surface area contributed by atoms with Gasteiger partial charge in [0.25, 0.3) is 0 Å². The molecule has 0 bridgehead atoms. The first-order valence-electron chi connectivity index (χ1n) is 4.41. The Labute approximate surface area is 97.9 Å². The van der Waals surface area contributed by atoms with Crippen molar-refractivity contribution in [2.75, 3.05) is 0 Å². The quantitative estimate of drug-likeness (QED) is 0.708. The lowest BCUT2D eigenvalue weighted by molar-refractivity contribution is 1.20. The minimum atomic E-state index is 0.458. The summed E-state index contributed by atoms with van der Waals surface area (Å²) >= 11 is 12.0. The molecule has 0 N–H and O–H groups in total. The molecule has 2 nitrogen and oxygen atoms in total. The Morgan fingerprint density at radius 2 is 2.00 bits per heavy atom. The third kappa shape index (κ3) is 2.11. The minimum absolute atomic E-state index is 0.458. The minimum Gasteiger partial charge on any atom is -0.259 e. The average molecular weight is 239 g/mol. The Kier molecular flexibility index (Phi) is 2.89. The van der Waals surface area contributed by atoms with Gasteiger partial charge in [-0.1, -0.05) is 23.2 Å². The van der Waals surface area contributed by atoms with Crippen LogP contribution in [0.5, 0.6) is 0 Å². The Morgan fingerprint density at radius 3 is 2.67 bits per heavy atom. The zero-order chi connectivity index (χ0) is 10.8. The summed E-state index contributed by atoms with van der Waals surface area (Å²) in [6.07, 6.45) is 3.39. The summed E-state index contributed by atoms with van der Waals surface area (Å²) in [5.41, 5.74) is 2.53. The molecule has 2 aromatic heterocycles. The number of aromatic nitrogens is 2. The van der Waals surface area contributed by atoms with Crippen molar-refractivity contribution in [3.63, 3.8) is 0 Å². The third-order valence-electron chi connectivity index (χ3n) is 2.10. The van der Waals surface area contributed by atoms with Crippen LogP contribution in [0.4, 0.5) is 0 Å². The van der Waals surface area contributed by atoms with E-state index < -0.39 is 0 Å². The van der Waals surface area contributed by atoms with E-state index in [1.54, 1.807) is 12.4 Å². The van der Waals surface area contributed by atoms with Gasteiger partial charge in [-0.15, -0.1) is 0 Å². The zero-order valence-electron chi connectivity index (χ0n) is 8.04. The van der Waals surface area contributed by atoms with Crippen molar-refractivity contribution < 1.29 is 0 Å². The molecule has 0 aliphatic carbocycles. The van der Waals surface area contributed by atoms with Gasteiger partial charge >= 0.3 is 0 Å². The van der Waals surface area contributed by atoms with Crippen molar-refractivity contribution in [1.29, 1.82) is 0 Å². The van der Waals surface area contributed by atoms with Crippen molar-refractivity contribution in [3.05, 3.63) is 46.5 Å². The van der Waals surface area contributed by atoms with Crippen LogP contribution in [0.25, 0.3) is 11.1 Å². The molecule has 0 fully saturated rings. The van der Waals surface area contributed by atoms with E-state index >= 15 is 0 Å². The van der Waals surface area contributed by atoms with Gasteiger partial charge in [0.1, 0.15) is 5.15 Å². The first-order valence-corrected chi connectivity index (χ1v) is 5.17. The smallest absolute Gasteiger partial charge is 0.136 e. The van der Waals surface area contributed by atoms with Crippen LogP contribution < -0.4 is 0 Å². The molecule has 0 spiro atoms. The van der Waals surface area contributed by atoms with E-state index in [1.165, 1.54) is 0 Å². The largest absolute Gasteiger partial charge is 0.259 e. The standard InChI is InChI=1S/C11H8Cl2N2/c1-7-10(12)5-8(6-15-7)9-3-2-4-14-11(9)13/h2-6H,1H3. The van der Waals surface area contributed by atoms with Crippen LogP contribution in [0.1, 0.15) is 5.69 Å². The number of hydrogen-bond acceptors (Lipinski definition) is 2. The molecular weight excluding hydrogens is 231 g/mol. The summed E-state index contributed by atoms with van der Waals surface area (Å²) in [6.45, 7) is 1.86. The first-order chi connectivity index (χ1) is 7.18. The number of halogens is 2. The highest BCUT2D eigenvalue weighted by atomic mass is 35.5. The topological polar surface area (TPSA) is 25.8 Å². The lowest BCUT2D eigenvalue weighted by Gasteiger charge is -2.04. The van der Waals surface area contributed by atoms with Crippen molar-refractivity contribution in [1.82, 2.24) is 9.97 Å². The normalized spacial score (nSPS) is 10.3. The van der Waals surface area contributed by atoms with Crippen LogP contribution in [0.15, 0.2) is 30.6 Å². The highest BCUT2D eigenvalue weighted by molar-refractivity contribution is 6.33. The fourth-order valence-electron chi connectivity index (χ4n) is 1.25. The molecule has 0 amide bonds. The van der Waals surface area contributed by atoms with Gasteiger partial charge < -0.3 is 0 Å². The van der Waals surface area contributed by atoms with E-state index in [4.69, 9.17) is 23.2 Å². The van der Waals surface area contributed by atoms with E-state index in [9.17, 15) is 0 Å². The van der Waals surface area contributed by atoms with Gasteiger partial charge in [0.15, 0.2) is 0 Å². The van der Waals surface area contributed by atoms with Gasteiger partial charge in [-0.2, -0.15) is 0 Å². The lowest BCUT2D eigenvalue weighted by atomic mass is 10.1. The van der Waals surface area contributed by atoms with Crippen LogP contribution >= 0.6 is 23.2 Å². The molecule has 2 aromatic rings. The van der Waals surface area contributed by atoms with E-state index in [1.807, 2.05) is 25.1 Å². The van der Waals surface area contributed by atoms with Gasteiger partial charge in [0, 0.05) is 23.5 Å². The summed E-state index contributed by atoms with van der Waals surface area (Å²) < 4.78 is 0. The first kappa shape index (κ1) is 10.4. The summed E-state index contributed by atoms with van der Waals surface area (Å²) in [6, 6.07) is 5.56. The second-order valence-corrected chi connectivity index (χ2v) is 3.90.